The molecule has 0 saturated heterocycles. The second-order valence-electron chi connectivity index (χ2n) is 4.39. The van der Waals surface area contributed by atoms with Gasteiger partial charge >= 0.3 is 0 Å². The van der Waals surface area contributed by atoms with Gasteiger partial charge in [-0.2, -0.15) is 0 Å². The molecule has 2 N–H and O–H groups in total. The molecule has 21 heavy (non-hydrogen) atoms. The largest absolute Gasteiger partial charge is 0.484 e. The van der Waals surface area contributed by atoms with Crippen LogP contribution in [0.3, 0.4) is 0 Å². The molecule has 4 heteroatoms. The average molecular weight is 281 g/mol. The molecular formula is C17H15NO3. The van der Waals surface area contributed by atoms with Gasteiger partial charge in [0.05, 0.1) is 0 Å². The Morgan fingerprint density at radius 1 is 1.00 bits per heavy atom. The maximum Gasteiger partial charge on any atom is 0.255 e. The van der Waals surface area contributed by atoms with E-state index in [9.17, 15) is 9.59 Å². The van der Waals surface area contributed by atoms with E-state index in [1.807, 2.05) is 18.2 Å². The number of ketones is 1. The van der Waals surface area contributed by atoms with E-state index in [-0.39, 0.29) is 12.4 Å². The first-order chi connectivity index (χ1) is 10.1. The summed E-state index contributed by atoms with van der Waals surface area (Å²) >= 11 is 0. The molecule has 1 amide bonds. The van der Waals surface area contributed by atoms with Gasteiger partial charge in [-0.3, -0.25) is 9.59 Å². The van der Waals surface area contributed by atoms with Gasteiger partial charge in [0.1, 0.15) is 5.75 Å². The lowest BCUT2D eigenvalue weighted by Crippen LogP contribution is -2.19. The average Bonchev–Trinajstić information content (AvgIpc) is 2.52. The van der Waals surface area contributed by atoms with E-state index in [4.69, 9.17) is 10.5 Å². The molecule has 0 aliphatic heterocycles. The number of hydrogen-bond acceptors (Lipinski definition) is 3. The molecule has 0 heterocycles. The van der Waals surface area contributed by atoms with Crippen LogP contribution in [0.15, 0.2) is 60.7 Å². The number of carbonyl (C=O) groups is 2. The van der Waals surface area contributed by atoms with Gasteiger partial charge in [-0.05, 0) is 23.8 Å². The molecule has 0 atom stereocenters. The second-order valence-corrected chi connectivity index (χ2v) is 4.39. The lowest BCUT2D eigenvalue weighted by molar-refractivity contribution is -0.119. The molecule has 0 aliphatic rings. The fourth-order valence-electron chi connectivity index (χ4n) is 1.70. The Morgan fingerprint density at radius 3 is 2.29 bits per heavy atom. The highest BCUT2D eigenvalue weighted by atomic mass is 16.5. The Kier molecular flexibility index (Phi) is 4.88. The third-order valence-electron chi connectivity index (χ3n) is 2.75. The summed E-state index contributed by atoms with van der Waals surface area (Å²) in [4.78, 5) is 22.5. The summed E-state index contributed by atoms with van der Waals surface area (Å²) < 4.78 is 5.15. The van der Waals surface area contributed by atoms with Crippen molar-refractivity contribution in [3.63, 3.8) is 0 Å². The highest BCUT2D eigenvalue weighted by molar-refractivity contribution is 6.06. The minimum Gasteiger partial charge on any atom is -0.484 e. The Labute approximate surface area is 122 Å². The smallest absolute Gasteiger partial charge is 0.255 e. The van der Waals surface area contributed by atoms with E-state index < -0.39 is 5.91 Å². The number of ether oxygens (including phenoxy) is 1. The van der Waals surface area contributed by atoms with Gasteiger partial charge < -0.3 is 10.5 Å². The number of rotatable bonds is 6. The molecule has 2 rings (SSSR count). The monoisotopic (exact) mass is 281 g/mol. The number of nitrogens with two attached hydrogens (primary N) is 1. The molecule has 0 saturated carbocycles. The molecule has 0 bridgehead atoms. The minimum atomic E-state index is -0.521. The van der Waals surface area contributed by atoms with Crippen LogP contribution in [0.25, 0.3) is 6.08 Å². The highest BCUT2D eigenvalue weighted by Gasteiger charge is 2.00. The van der Waals surface area contributed by atoms with Crippen molar-refractivity contribution < 1.29 is 14.3 Å². The summed E-state index contributed by atoms with van der Waals surface area (Å²) in [6.45, 7) is -0.151. The Hall–Kier alpha value is -2.88. The molecule has 0 spiro atoms. The summed E-state index contributed by atoms with van der Waals surface area (Å²) in [7, 11) is 0. The number of amides is 1. The van der Waals surface area contributed by atoms with Crippen molar-refractivity contribution in [3.05, 3.63) is 71.8 Å². The van der Waals surface area contributed by atoms with Crippen LogP contribution in [-0.4, -0.2) is 18.3 Å². The van der Waals surface area contributed by atoms with Gasteiger partial charge in [-0.25, -0.2) is 0 Å². The first-order valence-corrected chi connectivity index (χ1v) is 6.44. The first-order valence-electron chi connectivity index (χ1n) is 6.44. The third kappa shape index (κ3) is 4.62. The van der Waals surface area contributed by atoms with Crippen LogP contribution in [0.2, 0.25) is 0 Å². The summed E-state index contributed by atoms with van der Waals surface area (Å²) in [5, 5.41) is 0. The fraction of sp³-hybridized carbons (Fsp3) is 0.0588. The number of benzene rings is 2. The summed E-state index contributed by atoms with van der Waals surface area (Å²) in [6, 6.07) is 16.1. The van der Waals surface area contributed by atoms with Crippen LogP contribution in [0, 0.1) is 0 Å². The van der Waals surface area contributed by atoms with E-state index in [0.29, 0.717) is 11.3 Å². The highest BCUT2D eigenvalue weighted by Crippen LogP contribution is 2.13. The molecule has 0 fully saturated rings. The van der Waals surface area contributed by atoms with E-state index in [0.717, 1.165) is 5.56 Å². The van der Waals surface area contributed by atoms with Crippen molar-refractivity contribution >= 4 is 17.8 Å². The lowest BCUT2D eigenvalue weighted by Gasteiger charge is -2.03. The molecule has 0 aromatic heterocycles. The zero-order valence-corrected chi connectivity index (χ0v) is 11.4. The van der Waals surface area contributed by atoms with E-state index in [1.165, 1.54) is 6.08 Å². The molecular weight excluding hydrogens is 266 g/mol. The predicted octanol–water partition coefficient (Wildman–Crippen LogP) is 2.45. The van der Waals surface area contributed by atoms with Crippen molar-refractivity contribution in [2.75, 3.05) is 6.61 Å². The minimum absolute atomic E-state index is 0.0512. The summed E-state index contributed by atoms with van der Waals surface area (Å²) in [5.74, 6) is -0.0163. The van der Waals surface area contributed by atoms with Gasteiger partial charge in [-0.15, -0.1) is 0 Å². The van der Waals surface area contributed by atoms with Crippen molar-refractivity contribution in [1.29, 1.82) is 0 Å². The molecule has 4 nitrogen and oxygen atoms in total. The van der Waals surface area contributed by atoms with Crippen molar-refractivity contribution in [2.45, 2.75) is 0 Å². The second kappa shape index (κ2) is 7.05. The van der Waals surface area contributed by atoms with Gasteiger partial charge in [0.25, 0.3) is 5.91 Å². The lowest BCUT2D eigenvalue weighted by atomic mass is 10.1. The topological polar surface area (TPSA) is 69.4 Å². The quantitative estimate of drug-likeness (QED) is 0.653. The molecule has 2 aromatic carbocycles. The molecule has 2 aromatic rings. The van der Waals surface area contributed by atoms with Crippen LogP contribution in [0.1, 0.15) is 15.9 Å². The Morgan fingerprint density at radius 2 is 1.67 bits per heavy atom. The maximum absolute atomic E-state index is 11.9. The van der Waals surface area contributed by atoms with Gasteiger partial charge in [0.15, 0.2) is 12.4 Å². The zero-order chi connectivity index (χ0) is 15.1. The summed E-state index contributed by atoms with van der Waals surface area (Å²) in [5.41, 5.74) is 6.51. The number of allylic oxidation sites excluding steroid dienone is 1. The number of primary amides is 1. The normalized spacial score (nSPS) is 10.5. The van der Waals surface area contributed by atoms with Crippen LogP contribution < -0.4 is 10.5 Å². The van der Waals surface area contributed by atoms with Gasteiger partial charge in [0.2, 0.25) is 0 Å². The van der Waals surface area contributed by atoms with Crippen molar-refractivity contribution in [2.24, 2.45) is 5.73 Å². The van der Waals surface area contributed by atoms with Crippen molar-refractivity contribution in [1.82, 2.24) is 0 Å². The van der Waals surface area contributed by atoms with E-state index in [1.54, 1.807) is 42.5 Å². The van der Waals surface area contributed by atoms with Crippen LogP contribution in [-0.2, 0) is 4.79 Å². The number of carbonyl (C=O) groups excluding carboxylic acids is 2. The zero-order valence-electron chi connectivity index (χ0n) is 11.4. The molecule has 0 unspecified atom stereocenters. The standard InChI is InChI=1S/C17H15NO3/c18-17(20)12-21-15-9-6-13(7-10-15)8-11-16(19)14-4-2-1-3-5-14/h1-11H,12H2,(H2,18,20). The third-order valence-corrected chi connectivity index (χ3v) is 2.75. The van der Waals surface area contributed by atoms with Gasteiger partial charge in [-0.1, -0.05) is 48.5 Å². The molecule has 0 radical (unpaired) electrons. The predicted molar refractivity (Wildman–Crippen MR) is 80.9 cm³/mol. The fourth-order valence-corrected chi connectivity index (χ4v) is 1.70. The maximum atomic E-state index is 11.9. The first kappa shape index (κ1) is 14.5. The van der Waals surface area contributed by atoms with Gasteiger partial charge in [0, 0.05) is 5.56 Å². The Balaban J connectivity index is 1.98. The van der Waals surface area contributed by atoms with Crippen molar-refractivity contribution in [3.8, 4) is 5.75 Å². The van der Waals surface area contributed by atoms with Crippen LogP contribution >= 0.6 is 0 Å². The molecule has 0 aliphatic carbocycles. The Bertz CT molecular complexity index is 645. The SMILES string of the molecule is NC(=O)COc1ccc(C=CC(=O)c2ccccc2)cc1. The van der Waals surface area contributed by atoms with E-state index in [2.05, 4.69) is 0 Å². The van der Waals surface area contributed by atoms with Crippen LogP contribution in [0.4, 0.5) is 0 Å². The van der Waals surface area contributed by atoms with E-state index >= 15 is 0 Å². The number of hydrogen-bond donors (Lipinski definition) is 1. The molecule has 106 valence electrons. The van der Waals surface area contributed by atoms with Crippen LogP contribution in [0.5, 0.6) is 5.75 Å². The summed E-state index contributed by atoms with van der Waals surface area (Å²) in [6.07, 6.45) is 3.25.